The Kier molecular flexibility index (Phi) is 11.5. The summed E-state index contributed by atoms with van der Waals surface area (Å²) < 4.78 is 1.90. The Labute approximate surface area is 254 Å². The molecule has 4 heterocycles. The highest BCUT2D eigenvalue weighted by atomic mass is 32.2. The molecule has 4 rings (SSSR count). The molecule has 0 saturated carbocycles. The molecule has 0 aliphatic carbocycles. The number of rotatable bonds is 12. The van der Waals surface area contributed by atoms with E-state index in [0.717, 1.165) is 85.8 Å². The number of thioether (sulfide) groups is 1. The summed E-state index contributed by atoms with van der Waals surface area (Å²) in [6.07, 6.45) is 8.71. The fourth-order valence-electron chi connectivity index (χ4n) is 5.80. The van der Waals surface area contributed by atoms with Crippen LogP contribution in [0.3, 0.4) is 0 Å². The molecule has 10 nitrogen and oxygen atoms in total. The lowest BCUT2D eigenvalue weighted by molar-refractivity contribution is -0.108. The van der Waals surface area contributed by atoms with Gasteiger partial charge in [-0.2, -0.15) is 16.9 Å². The molecule has 2 fully saturated rings. The maximum Gasteiger partial charge on any atom is 0.252 e. The van der Waals surface area contributed by atoms with Crippen LogP contribution in [0.1, 0.15) is 63.9 Å². The van der Waals surface area contributed by atoms with Crippen molar-refractivity contribution in [1.29, 1.82) is 0 Å². The van der Waals surface area contributed by atoms with E-state index in [9.17, 15) is 9.59 Å². The molecule has 0 aromatic carbocycles. The number of carbonyl (C=O) groups is 2. The Morgan fingerprint density at radius 3 is 2.48 bits per heavy atom. The highest BCUT2D eigenvalue weighted by molar-refractivity contribution is 7.98. The van der Waals surface area contributed by atoms with Gasteiger partial charge in [0.15, 0.2) is 5.65 Å². The Hall–Kier alpha value is -2.89. The number of amides is 2. The van der Waals surface area contributed by atoms with Crippen LogP contribution in [0, 0.1) is 0 Å². The molecule has 0 spiro atoms. The number of fused-ring (bicyclic) bond motifs is 1. The molecule has 11 heteroatoms. The molecule has 0 radical (unpaired) electrons. The van der Waals surface area contributed by atoms with Crippen LogP contribution in [0.5, 0.6) is 0 Å². The standard InChI is InChI=1S/C31H48N8O2S/c1-22(2)39-30-28(20-34-39)27(31(41)32-19-24(4)23(3)17-25(5)33-21-40)18-29(35-30)38-9-7-26(8-10-38)37-13-11-36(12-14-37)15-16-42-6/h17-18,20-22,26H,7-16,19H2,1-6H3,(H,32,41)(H,33,40)/b24-23+,25-17-. The van der Waals surface area contributed by atoms with Gasteiger partial charge in [-0.15, -0.1) is 0 Å². The van der Waals surface area contributed by atoms with E-state index in [1.165, 1.54) is 12.3 Å². The summed E-state index contributed by atoms with van der Waals surface area (Å²) in [5, 5.41) is 11.1. The second-order valence-electron chi connectivity index (χ2n) is 11.8. The van der Waals surface area contributed by atoms with Crippen LogP contribution in [0.25, 0.3) is 11.0 Å². The molecule has 230 valence electrons. The highest BCUT2D eigenvalue weighted by Crippen LogP contribution is 2.28. The molecule has 0 unspecified atom stereocenters. The lowest BCUT2D eigenvalue weighted by Gasteiger charge is -2.43. The van der Waals surface area contributed by atoms with Gasteiger partial charge in [0.25, 0.3) is 5.91 Å². The third-order valence-electron chi connectivity index (χ3n) is 8.52. The van der Waals surface area contributed by atoms with E-state index in [4.69, 9.17) is 4.98 Å². The zero-order valence-corrected chi connectivity index (χ0v) is 27.0. The molecule has 2 amide bonds. The van der Waals surface area contributed by atoms with Gasteiger partial charge in [-0.05, 0) is 71.4 Å². The minimum atomic E-state index is -0.139. The number of aromatic nitrogens is 3. The molecule has 2 saturated heterocycles. The molecule has 2 aliphatic rings. The summed E-state index contributed by atoms with van der Waals surface area (Å²) >= 11 is 1.92. The van der Waals surface area contributed by atoms with Crippen LogP contribution >= 0.6 is 11.8 Å². The molecule has 0 bridgehead atoms. The zero-order chi connectivity index (χ0) is 30.2. The first kappa shape index (κ1) is 32.0. The van der Waals surface area contributed by atoms with Crippen molar-refractivity contribution < 1.29 is 9.59 Å². The molecule has 2 N–H and O–H groups in total. The van der Waals surface area contributed by atoms with Crippen molar-refractivity contribution >= 4 is 40.9 Å². The van der Waals surface area contributed by atoms with Gasteiger partial charge in [-0.25, -0.2) is 9.67 Å². The average Bonchev–Trinajstić information content (AvgIpc) is 3.43. The lowest BCUT2D eigenvalue weighted by Crippen LogP contribution is -2.53. The van der Waals surface area contributed by atoms with E-state index >= 15 is 0 Å². The van der Waals surface area contributed by atoms with Crippen LogP contribution in [0.2, 0.25) is 0 Å². The first-order valence-electron chi connectivity index (χ1n) is 15.1. The topological polar surface area (TPSA) is 98.6 Å². The van der Waals surface area contributed by atoms with Crippen molar-refractivity contribution in [3.05, 3.63) is 40.7 Å². The van der Waals surface area contributed by atoms with Gasteiger partial charge in [-0.1, -0.05) is 5.57 Å². The highest BCUT2D eigenvalue weighted by Gasteiger charge is 2.29. The van der Waals surface area contributed by atoms with Crippen molar-refractivity contribution in [2.75, 3.05) is 69.3 Å². The van der Waals surface area contributed by atoms with Crippen molar-refractivity contribution in [2.24, 2.45) is 0 Å². The predicted molar refractivity (Wildman–Crippen MR) is 173 cm³/mol. The maximum absolute atomic E-state index is 13.6. The molecular formula is C31H48N8O2S. The van der Waals surface area contributed by atoms with Gasteiger partial charge in [0.05, 0.1) is 17.1 Å². The minimum Gasteiger partial charge on any atom is -0.356 e. The summed E-state index contributed by atoms with van der Waals surface area (Å²) in [5.74, 6) is 1.91. The summed E-state index contributed by atoms with van der Waals surface area (Å²) in [6, 6.07) is 2.68. The van der Waals surface area contributed by atoms with Crippen LogP contribution in [0.4, 0.5) is 5.82 Å². The number of nitrogens with zero attached hydrogens (tertiary/aromatic N) is 6. The fraction of sp³-hybridized carbons (Fsp3) is 0.613. The summed E-state index contributed by atoms with van der Waals surface area (Å²) in [6.45, 7) is 18.0. The first-order valence-corrected chi connectivity index (χ1v) is 16.5. The second-order valence-corrected chi connectivity index (χ2v) is 12.8. The first-order chi connectivity index (χ1) is 20.2. The molecule has 2 aliphatic heterocycles. The molecular weight excluding hydrogens is 548 g/mol. The van der Waals surface area contributed by atoms with Crippen molar-refractivity contribution in [3.63, 3.8) is 0 Å². The number of hydrogen-bond donors (Lipinski definition) is 2. The van der Waals surface area contributed by atoms with E-state index < -0.39 is 0 Å². The number of allylic oxidation sites excluding steroid dienone is 3. The average molecular weight is 597 g/mol. The second kappa shape index (κ2) is 15.0. The minimum absolute atomic E-state index is 0.129. The number of anilines is 1. The van der Waals surface area contributed by atoms with Gasteiger partial charge >= 0.3 is 0 Å². The van der Waals surface area contributed by atoms with Gasteiger partial charge < -0.3 is 15.5 Å². The van der Waals surface area contributed by atoms with Crippen molar-refractivity contribution in [2.45, 2.75) is 59.5 Å². The van der Waals surface area contributed by atoms with Crippen molar-refractivity contribution in [3.8, 4) is 0 Å². The van der Waals surface area contributed by atoms with Crippen molar-refractivity contribution in [1.82, 2.24) is 35.2 Å². The molecule has 2 aromatic rings. The number of nitrogens with one attached hydrogen (secondary N) is 2. The number of pyridine rings is 1. The molecule has 2 aromatic heterocycles. The number of piperazine rings is 1. The van der Waals surface area contributed by atoms with E-state index in [1.807, 2.05) is 49.4 Å². The maximum atomic E-state index is 13.6. The Morgan fingerprint density at radius 1 is 1.12 bits per heavy atom. The summed E-state index contributed by atoms with van der Waals surface area (Å²) in [5.41, 5.74) is 4.13. The van der Waals surface area contributed by atoms with Gasteiger partial charge in [0, 0.05) is 75.9 Å². The van der Waals surface area contributed by atoms with Gasteiger partial charge in [-0.3, -0.25) is 19.4 Å². The largest absolute Gasteiger partial charge is 0.356 e. The molecule has 42 heavy (non-hydrogen) atoms. The lowest BCUT2D eigenvalue weighted by atomic mass is 10.0. The monoisotopic (exact) mass is 596 g/mol. The molecule has 0 atom stereocenters. The quantitative estimate of drug-likeness (QED) is 0.283. The van der Waals surface area contributed by atoms with Gasteiger partial charge in [0.2, 0.25) is 6.41 Å². The van der Waals surface area contributed by atoms with E-state index in [2.05, 4.69) is 50.5 Å². The Morgan fingerprint density at radius 2 is 1.83 bits per heavy atom. The van der Waals surface area contributed by atoms with E-state index in [-0.39, 0.29) is 11.9 Å². The van der Waals surface area contributed by atoms with Crippen LogP contribution in [-0.2, 0) is 4.79 Å². The van der Waals surface area contributed by atoms with Gasteiger partial charge in [0.1, 0.15) is 5.82 Å². The Bertz CT molecular complexity index is 1290. The smallest absolute Gasteiger partial charge is 0.252 e. The van der Waals surface area contributed by atoms with Crippen LogP contribution in [0.15, 0.2) is 35.2 Å². The van der Waals surface area contributed by atoms with Crippen LogP contribution in [-0.4, -0.2) is 107 Å². The fourth-order valence-corrected chi connectivity index (χ4v) is 6.24. The van der Waals surface area contributed by atoms with E-state index in [1.54, 1.807) is 6.20 Å². The summed E-state index contributed by atoms with van der Waals surface area (Å²) in [7, 11) is 0. The number of piperidine rings is 1. The number of carbonyl (C=O) groups excluding carboxylic acids is 2. The number of hydrogen-bond acceptors (Lipinski definition) is 8. The third kappa shape index (κ3) is 7.93. The third-order valence-corrected chi connectivity index (χ3v) is 9.11. The Balaban J connectivity index is 1.47. The predicted octanol–water partition coefficient (Wildman–Crippen LogP) is 3.68. The van der Waals surface area contributed by atoms with E-state index in [0.29, 0.717) is 24.6 Å². The normalized spacial score (nSPS) is 18.5. The zero-order valence-electron chi connectivity index (χ0n) is 26.2. The SMILES string of the molecule is CSCCN1CCN(C2CCN(c3cc(C(=O)NC/C(C)=C(C)/C=C(/C)NC=O)c4cnn(C(C)C)c4n3)CC2)CC1. The summed E-state index contributed by atoms with van der Waals surface area (Å²) in [4.78, 5) is 36.9. The van der Waals surface area contributed by atoms with Crippen LogP contribution < -0.4 is 15.5 Å².